The standard InChI is InChI=1S/C27H23Cl2N5O4S/c28-18-2-1-3-19(29)24(18)26(36)30-17-6-4-15(5-7-17)12-20(27(37)38)31-25(35)21-8-9-22-32-33-23(34(21)22)13-16-10-11-39-14-16/h1-7,10-11,14,20-21H,8-9,12-13H2,(H,30,36)(H,31,35)(H,37,38)/t20-,21?/m0/s1. The lowest BCUT2D eigenvalue weighted by Gasteiger charge is -2.20. The number of rotatable bonds is 9. The Labute approximate surface area is 237 Å². The molecule has 200 valence electrons. The van der Waals surface area contributed by atoms with Gasteiger partial charge in [-0.3, -0.25) is 9.59 Å². The number of anilines is 1. The summed E-state index contributed by atoms with van der Waals surface area (Å²) in [4.78, 5) is 37.9. The molecule has 1 aliphatic rings. The molecule has 12 heteroatoms. The Kier molecular flexibility index (Phi) is 7.97. The number of carbonyl (C=O) groups excluding carboxylic acids is 2. The van der Waals surface area contributed by atoms with Crippen LogP contribution in [0, 0.1) is 0 Å². The van der Waals surface area contributed by atoms with Gasteiger partial charge in [0.15, 0.2) is 0 Å². The number of hydrogen-bond donors (Lipinski definition) is 3. The molecule has 1 unspecified atom stereocenters. The number of aliphatic carboxylic acids is 1. The van der Waals surface area contributed by atoms with E-state index in [1.165, 1.54) is 0 Å². The molecule has 0 bridgehead atoms. The van der Waals surface area contributed by atoms with Gasteiger partial charge in [0.1, 0.15) is 23.7 Å². The smallest absolute Gasteiger partial charge is 0.326 e. The van der Waals surface area contributed by atoms with Gasteiger partial charge in [0.25, 0.3) is 5.91 Å². The van der Waals surface area contributed by atoms with Crippen molar-refractivity contribution in [3.8, 4) is 0 Å². The Bertz CT molecular complexity index is 1500. The van der Waals surface area contributed by atoms with Crippen molar-refractivity contribution in [1.29, 1.82) is 0 Å². The number of nitrogens with zero attached hydrogens (tertiary/aromatic N) is 3. The van der Waals surface area contributed by atoms with Gasteiger partial charge >= 0.3 is 5.97 Å². The van der Waals surface area contributed by atoms with Crippen molar-refractivity contribution in [3.05, 3.63) is 97.7 Å². The van der Waals surface area contributed by atoms with Gasteiger partial charge in [0.2, 0.25) is 5.91 Å². The third-order valence-corrected chi connectivity index (χ3v) is 7.85. The average Bonchev–Trinajstić information content (AvgIpc) is 3.64. The highest BCUT2D eigenvalue weighted by molar-refractivity contribution is 7.07. The molecule has 0 saturated heterocycles. The second-order valence-corrected chi connectivity index (χ2v) is 10.7. The van der Waals surface area contributed by atoms with Crippen LogP contribution in [0.15, 0.2) is 59.3 Å². The lowest BCUT2D eigenvalue weighted by atomic mass is 10.0. The topological polar surface area (TPSA) is 126 Å². The van der Waals surface area contributed by atoms with Gasteiger partial charge in [0.05, 0.1) is 15.6 Å². The summed E-state index contributed by atoms with van der Waals surface area (Å²) in [5.74, 6) is -0.577. The summed E-state index contributed by atoms with van der Waals surface area (Å²) in [5.41, 5.74) is 2.41. The second kappa shape index (κ2) is 11.6. The van der Waals surface area contributed by atoms with Crippen molar-refractivity contribution in [2.45, 2.75) is 37.8 Å². The van der Waals surface area contributed by atoms with Gasteiger partial charge in [0, 0.05) is 24.9 Å². The van der Waals surface area contributed by atoms with E-state index in [1.54, 1.807) is 53.8 Å². The maximum atomic E-state index is 13.2. The molecule has 2 atom stereocenters. The molecule has 3 heterocycles. The van der Waals surface area contributed by atoms with Gasteiger partial charge in [-0.2, -0.15) is 11.3 Å². The number of carboxylic acids is 1. The molecule has 0 radical (unpaired) electrons. The number of thiophene rings is 1. The number of carboxylic acid groups (broad SMARTS) is 1. The first kappa shape index (κ1) is 26.9. The minimum Gasteiger partial charge on any atom is -0.480 e. The highest BCUT2D eigenvalue weighted by Gasteiger charge is 2.34. The second-order valence-electron chi connectivity index (χ2n) is 9.12. The van der Waals surface area contributed by atoms with Gasteiger partial charge in [-0.05, 0) is 58.6 Å². The van der Waals surface area contributed by atoms with Crippen LogP contribution in [0.1, 0.15) is 45.6 Å². The minimum atomic E-state index is -1.14. The highest BCUT2D eigenvalue weighted by atomic mass is 35.5. The van der Waals surface area contributed by atoms with Crippen molar-refractivity contribution in [2.24, 2.45) is 0 Å². The van der Waals surface area contributed by atoms with Crippen molar-refractivity contribution in [3.63, 3.8) is 0 Å². The first-order valence-corrected chi connectivity index (χ1v) is 13.8. The Morgan fingerprint density at radius 2 is 1.79 bits per heavy atom. The molecule has 2 amide bonds. The summed E-state index contributed by atoms with van der Waals surface area (Å²) in [7, 11) is 0. The number of fused-ring (bicyclic) bond motifs is 1. The molecule has 3 N–H and O–H groups in total. The van der Waals surface area contributed by atoms with Crippen molar-refractivity contribution >= 4 is 58.0 Å². The number of carbonyl (C=O) groups is 3. The predicted octanol–water partition coefficient (Wildman–Crippen LogP) is 4.79. The van der Waals surface area contributed by atoms with E-state index in [2.05, 4.69) is 20.8 Å². The fourth-order valence-corrected chi connectivity index (χ4v) is 5.80. The summed E-state index contributed by atoms with van der Waals surface area (Å²) in [5, 5.41) is 28.2. The predicted molar refractivity (Wildman–Crippen MR) is 149 cm³/mol. The molecule has 2 aromatic heterocycles. The van der Waals surface area contributed by atoms with Crippen molar-refractivity contribution in [1.82, 2.24) is 20.1 Å². The van der Waals surface area contributed by atoms with Crippen LogP contribution in [0.25, 0.3) is 0 Å². The van der Waals surface area contributed by atoms with Gasteiger partial charge in [-0.15, -0.1) is 10.2 Å². The molecule has 4 aromatic rings. The molecule has 1 aliphatic heterocycles. The lowest BCUT2D eigenvalue weighted by Crippen LogP contribution is -2.45. The van der Waals surface area contributed by atoms with Crippen LogP contribution in [0.2, 0.25) is 10.0 Å². The first-order valence-electron chi connectivity index (χ1n) is 12.1. The molecular formula is C27H23Cl2N5O4S. The number of benzene rings is 2. The zero-order valence-corrected chi connectivity index (χ0v) is 22.8. The number of halogens is 2. The lowest BCUT2D eigenvalue weighted by molar-refractivity contribution is -0.142. The fraction of sp³-hybridized carbons (Fsp3) is 0.222. The number of nitrogens with one attached hydrogen (secondary N) is 2. The van der Waals surface area contributed by atoms with Gasteiger partial charge < -0.3 is 20.3 Å². The monoisotopic (exact) mass is 583 g/mol. The first-order chi connectivity index (χ1) is 18.8. The normalized spacial score (nSPS) is 15.0. The molecule has 0 saturated carbocycles. The Morgan fingerprint density at radius 1 is 1.05 bits per heavy atom. The van der Waals surface area contributed by atoms with Crippen molar-refractivity contribution in [2.75, 3.05) is 5.32 Å². The number of aryl methyl sites for hydroxylation is 1. The van der Waals surface area contributed by atoms with Crippen LogP contribution < -0.4 is 10.6 Å². The zero-order chi connectivity index (χ0) is 27.5. The molecule has 5 rings (SSSR count). The van der Waals surface area contributed by atoms with Crippen LogP contribution in [0.5, 0.6) is 0 Å². The summed E-state index contributed by atoms with van der Waals surface area (Å²) in [6.45, 7) is 0. The average molecular weight is 584 g/mol. The maximum absolute atomic E-state index is 13.2. The van der Waals surface area contributed by atoms with E-state index in [0.29, 0.717) is 36.3 Å². The molecule has 39 heavy (non-hydrogen) atoms. The molecule has 0 fully saturated rings. The molecule has 9 nitrogen and oxygen atoms in total. The van der Waals surface area contributed by atoms with Gasteiger partial charge in [-0.25, -0.2) is 4.79 Å². The molecule has 0 spiro atoms. The molecule has 2 aromatic carbocycles. The highest BCUT2D eigenvalue weighted by Crippen LogP contribution is 2.28. The van der Waals surface area contributed by atoms with E-state index in [4.69, 9.17) is 23.2 Å². The largest absolute Gasteiger partial charge is 0.480 e. The number of amides is 2. The number of hydrogen-bond acceptors (Lipinski definition) is 6. The summed E-state index contributed by atoms with van der Waals surface area (Å²) in [6.07, 6.45) is 1.74. The SMILES string of the molecule is O=C(Nc1ccc(C[C@H](NC(=O)C2CCc3nnc(Cc4ccsc4)n32)C(=O)O)cc1)c1c(Cl)cccc1Cl. The third-order valence-electron chi connectivity index (χ3n) is 6.49. The minimum absolute atomic E-state index is 0.0646. The third kappa shape index (κ3) is 5.98. The summed E-state index contributed by atoms with van der Waals surface area (Å²) >= 11 is 13.8. The van der Waals surface area contributed by atoms with Crippen LogP contribution in [0.3, 0.4) is 0 Å². The van der Waals surface area contributed by atoms with Crippen LogP contribution in [-0.4, -0.2) is 43.7 Å². The van der Waals surface area contributed by atoms with Crippen molar-refractivity contribution < 1.29 is 19.5 Å². The Hall–Kier alpha value is -3.73. The van der Waals surface area contributed by atoms with Crippen LogP contribution in [-0.2, 0) is 28.9 Å². The number of aromatic nitrogens is 3. The van der Waals surface area contributed by atoms with E-state index < -0.39 is 24.0 Å². The van der Waals surface area contributed by atoms with Crippen LogP contribution in [0.4, 0.5) is 5.69 Å². The Balaban J connectivity index is 1.24. The van der Waals surface area contributed by atoms with E-state index in [0.717, 1.165) is 11.4 Å². The van der Waals surface area contributed by atoms with E-state index >= 15 is 0 Å². The van der Waals surface area contributed by atoms with E-state index in [1.807, 2.05) is 21.4 Å². The Morgan fingerprint density at radius 3 is 2.46 bits per heavy atom. The summed E-state index contributed by atoms with van der Waals surface area (Å²) in [6, 6.07) is 11.8. The summed E-state index contributed by atoms with van der Waals surface area (Å²) < 4.78 is 1.83. The maximum Gasteiger partial charge on any atom is 0.326 e. The molecule has 0 aliphatic carbocycles. The molecular weight excluding hydrogens is 561 g/mol. The van der Waals surface area contributed by atoms with E-state index in [-0.39, 0.29) is 27.9 Å². The zero-order valence-electron chi connectivity index (χ0n) is 20.4. The van der Waals surface area contributed by atoms with E-state index in [9.17, 15) is 19.5 Å². The van der Waals surface area contributed by atoms with Crippen LogP contribution >= 0.6 is 34.5 Å². The quantitative estimate of drug-likeness (QED) is 0.260. The fourth-order valence-electron chi connectivity index (χ4n) is 4.57. The van der Waals surface area contributed by atoms with Gasteiger partial charge in [-0.1, -0.05) is 41.4 Å².